The van der Waals surface area contributed by atoms with Crippen LogP contribution in [0.1, 0.15) is 25.7 Å². The molecule has 0 spiro atoms. The molecule has 1 saturated carbocycles. The number of aliphatic carboxylic acids is 1. The molecule has 1 aliphatic carbocycles. The van der Waals surface area contributed by atoms with E-state index in [1.54, 1.807) is 0 Å². The fraction of sp³-hybridized carbons (Fsp3) is 0.909. The van der Waals surface area contributed by atoms with Crippen LogP contribution in [0.15, 0.2) is 0 Å². The maximum atomic E-state index is 10.6. The van der Waals surface area contributed by atoms with Gasteiger partial charge in [-0.2, -0.15) is 0 Å². The number of carboxylic acid groups (broad SMARTS) is 1. The molecule has 1 aliphatic heterocycles. The molecule has 1 atom stereocenters. The number of likely N-dealkylation sites (N-methyl/N-ethyl adjacent to an activating group) is 1. The van der Waals surface area contributed by atoms with Crippen LogP contribution in [0.5, 0.6) is 0 Å². The third-order valence-corrected chi connectivity index (χ3v) is 3.37. The zero-order valence-corrected chi connectivity index (χ0v) is 9.35. The monoisotopic (exact) mass is 212 g/mol. The van der Waals surface area contributed by atoms with E-state index < -0.39 is 5.97 Å². The SMILES string of the molecule is CN(CC(=O)O)CC1CCCN1C1CC1. The van der Waals surface area contributed by atoms with E-state index in [9.17, 15) is 4.79 Å². The first-order valence-electron chi connectivity index (χ1n) is 5.83. The van der Waals surface area contributed by atoms with Crippen molar-refractivity contribution in [2.75, 3.05) is 26.7 Å². The van der Waals surface area contributed by atoms with Crippen molar-refractivity contribution in [3.63, 3.8) is 0 Å². The summed E-state index contributed by atoms with van der Waals surface area (Å²) in [6.45, 7) is 2.29. The lowest BCUT2D eigenvalue weighted by Gasteiger charge is -2.27. The van der Waals surface area contributed by atoms with Gasteiger partial charge in [0, 0.05) is 18.6 Å². The molecule has 0 radical (unpaired) electrons. The molecule has 0 bridgehead atoms. The molecule has 0 aromatic rings. The van der Waals surface area contributed by atoms with E-state index in [0.29, 0.717) is 6.04 Å². The number of carbonyl (C=O) groups is 1. The van der Waals surface area contributed by atoms with Gasteiger partial charge in [-0.1, -0.05) is 0 Å². The van der Waals surface area contributed by atoms with Crippen molar-refractivity contribution in [1.29, 1.82) is 0 Å². The van der Waals surface area contributed by atoms with Gasteiger partial charge in [0.05, 0.1) is 6.54 Å². The molecule has 15 heavy (non-hydrogen) atoms. The van der Waals surface area contributed by atoms with Crippen LogP contribution in [0.25, 0.3) is 0 Å². The van der Waals surface area contributed by atoms with Gasteiger partial charge in [-0.3, -0.25) is 14.6 Å². The summed E-state index contributed by atoms with van der Waals surface area (Å²) in [5.74, 6) is -0.728. The summed E-state index contributed by atoms with van der Waals surface area (Å²) < 4.78 is 0. The molecule has 0 amide bonds. The second-order valence-electron chi connectivity index (χ2n) is 4.86. The van der Waals surface area contributed by atoms with Gasteiger partial charge in [-0.25, -0.2) is 0 Å². The summed E-state index contributed by atoms with van der Waals surface area (Å²) in [6.07, 6.45) is 5.21. The summed E-state index contributed by atoms with van der Waals surface area (Å²) >= 11 is 0. The molecule has 4 nitrogen and oxygen atoms in total. The molecule has 0 aromatic carbocycles. The zero-order chi connectivity index (χ0) is 10.8. The van der Waals surface area contributed by atoms with Gasteiger partial charge in [0.15, 0.2) is 0 Å². The van der Waals surface area contributed by atoms with E-state index in [2.05, 4.69) is 4.90 Å². The second kappa shape index (κ2) is 4.49. The summed E-state index contributed by atoms with van der Waals surface area (Å²) in [7, 11) is 1.90. The summed E-state index contributed by atoms with van der Waals surface area (Å²) in [5, 5.41) is 8.69. The van der Waals surface area contributed by atoms with E-state index in [0.717, 1.165) is 12.6 Å². The van der Waals surface area contributed by atoms with E-state index in [1.807, 2.05) is 11.9 Å². The van der Waals surface area contributed by atoms with Gasteiger partial charge in [0.25, 0.3) is 0 Å². The average molecular weight is 212 g/mol. The quantitative estimate of drug-likeness (QED) is 0.726. The van der Waals surface area contributed by atoms with Crippen LogP contribution in [0.2, 0.25) is 0 Å². The van der Waals surface area contributed by atoms with Gasteiger partial charge in [-0.15, -0.1) is 0 Å². The average Bonchev–Trinajstić information content (AvgIpc) is 2.87. The Bertz CT molecular complexity index is 241. The topological polar surface area (TPSA) is 43.8 Å². The highest BCUT2D eigenvalue weighted by molar-refractivity contribution is 5.69. The lowest BCUT2D eigenvalue weighted by molar-refractivity contribution is -0.138. The molecule has 86 valence electrons. The van der Waals surface area contributed by atoms with Crippen molar-refractivity contribution >= 4 is 5.97 Å². The molecular formula is C11H20N2O2. The van der Waals surface area contributed by atoms with E-state index in [-0.39, 0.29) is 6.54 Å². The third-order valence-electron chi connectivity index (χ3n) is 3.37. The maximum Gasteiger partial charge on any atom is 0.317 e. The molecule has 1 unspecified atom stereocenters. The van der Waals surface area contributed by atoms with Crippen molar-refractivity contribution in [2.45, 2.75) is 37.8 Å². The van der Waals surface area contributed by atoms with Gasteiger partial charge in [-0.05, 0) is 39.3 Å². The van der Waals surface area contributed by atoms with Crippen LogP contribution in [0.3, 0.4) is 0 Å². The normalized spacial score (nSPS) is 27.5. The molecule has 1 heterocycles. The summed E-state index contributed by atoms with van der Waals surface area (Å²) in [4.78, 5) is 15.1. The van der Waals surface area contributed by atoms with Crippen LogP contribution < -0.4 is 0 Å². The van der Waals surface area contributed by atoms with Crippen LogP contribution in [0, 0.1) is 0 Å². The second-order valence-corrected chi connectivity index (χ2v) is 4.86. The van der Waals surface area contributed by atoms with Crippen molar-refractivity contribution < 1.29 is 9.90 Å². The lowest BCUT2D eigenvalue weighted by Crippen LogP contribution is -2.41. The number of rotatable bonds is 5. The van der Waals surface area contributed by atoms with Crippen molar-refractivity contribution in [3.8, 4) is 0 Å². The lowest BCUT2D eigenvalue weighted by atomic mass is 10.2. The number of hydrogen-bond acceptors (Lipinski definition) is 3. The van der Waals surface area contributed by atoms with E-state index in [1.165, 1.54) is 32.2 Å². The van der Waals surface area contributed by atoms with Crippen molar-refractivity contribution in [2.24, 2.45) is 0 Å². The molecule has 1 saturated heterocycles. The summed E-state index contributed by atoms with van der Waals surface area (Å²) in [6, 6.07) is 1.41. The highest BCUT2D eigenvalue weighted by Crippen LogP contribution is 2.33. The predicted molar refractivity (Wildman–Crippen MR) is 57.9 cm³/mol. The molecular weight excluding hydrogens is 192 g/mol. The first-order chi connectivity index (χ1) is 7.16. The van der Waals surface area contributed by atoms with Gasteiger partial charge in [0.2, 0.25) is 0 Å². The van der Waals surface area contributed by atoms with Crippen molar-refractivity contribution in [1.82, 2.24) is 9.80 Å². The van der Waals surface area contributed by atoms with Crippen LogP contribution in [-0.2, 0) is 4.79 Å². The standard InChI is InChI=1S/C11H20N2O2/c1-12(8-11(14)15)7-10-3-2-6-13(10)9-4-5-9/h9-10H,2-8H2,1H3,(H,14,15). The molecule has 4 heteroatoms. The first kappa shape index (κ1) is 10.9. The highest BCUT2D eigenvalue weighted by Gasteiger charge is 2.36. The number of carboxylic acids is 1. The number of hydrogen-bond donors (Lipinski definition) is 1. The largest absolute Gasteiger partial charge is 0.480 e. The fourth-order valence-corrected chi connectivity index (χ4v) is 2.60. The molecule has 0 aromatic heterocycles. The number of nitrogens with zero attached hydrogens (tertiary/aromatic N) is 2. The van der Waals surface area contributed by atoms with Crippen LogP contribution in [0.4, 0.5) is 0 Å². The Morgan fingerprint density at radius 2 is 2.20 bits per heavy atom. The van der Waals surface area contributed by atoms with Gasteiger partial charge < -0.3 is 5.11 Å². The third kappa shape index (κ3) is 2.92. The minimum Gasteiger partial charge on any atom is -0.480 e. The Morgan fingerprint density at radius 1 is 1.47 bits per heavy atom. The zero-order valence-electron chi connectivity index (χ0n) is 9.35. The number of likely N-dealkylation sites (tertiary alicyclic amines) is 1. The van der Waals surface area contributed by atoms with Crippen LogP contribution in [-0.4, -0.2) is 59.6 Å². The first-order valence-corrected chi connectivity index (χ1v) is 5.83. The van der Waals surface area contributed by atoms with Crippen molar-refractivity contribution in [3.05, 3.63) is 0 Å². The fourth-order valence-electron chi connectivity index (χ4n) is 2.60. The van der Waals surface area contributed by atoms with Gasteiger partial charge in [0.1, 0.15) is 0 Å². The predicted octanol–water partition coefficient (Wildman–Crippen LogP) is 0.630. The minimum absolute atomic E-state index is 0.162. The Hall–Kier alpha value is -0.610. The van der Waals surface area contributed by atoms with Gasteiger partial charge >= 0.3 is 5.97 Å². The Balaban J connectivity index is 1.79. The molecule has 2 aliphatic rings. The minimum atomic E-state index is -0.728. The smallest absolute Gasteiger partial charge is 0.317 e. The highest BCUT2D eigenvalue weighted by atomic mass is 16.4. The molecule has 2 rings (SSSR count). The molecule has 2 fully saturated rings. The van der Waals surface area contributed by atoms with E-state index >= 15 is 0 Å². The molecule has 1 N–H and O–H groups in total. The Morgan fingerprint density at radius 3 is 2.80 bits per heavy atom. The summed E-state index contributed by atoms with van der Waals surface area (Å²) in [5.41, 5.74) is 0. The van der Waals surface area contributed by atoms with Crippen LogP contribution >= 0.6 is 0 Å². The van der Waals surface area contributed by atoms with E-state index in [4.69, 9.17) is 5.11 Å². The maximum absolute atomic E-state index is 10.6. The Labute approximate surface area is 90.9 Å². The Kier molecular flexibility index (Phi) is 3.26.